The summed E-state index contributed by atoms with van der Waals surface area (Å²) in [6, 6.07) is 0. The maximum Gasteiger partial charge on any atom is 0.158 e. The molecule has 2 aliphatic carbocycles. The van der Waals surface area contributed by atoms with E-state index in [1.165, 1.54) is 25.7 Å². The lowest BCUT2D eigenvalue weighted by Gasteiger charge is -2.19. The number of imidazole rings is 1. The molecule has 4 rings (SSSR count). The molecule has 0 N–H and O–H groups in total. The molecule has 0 saturated heterocycles. The molecule has 0 aliphatic heterocycles. The smallest absolute Gasteiger partial charge is 0.158 e. The molecule has 0 amide bonds. The van der Waals surface area contributed by atoms with Crippen LogP contribution in [0.1, 0.15) is 49.5 Å². The summed E-state index contributed by atoms with van der Waals surface area (Å²) >= 11 is 6.40. The number of rotatable bonds is 5. The summed E-state index contributed by atoms with van der Waals surface area (Å²) in [7, 11) is 2.01. The van der Waals surface area contributed by atoms with Crippen molar-refractivity contribution in [3.05, 3.63) is 11.5 Å². The Balaban J connectivity index is 1.79. The fraction of sp³-hybridized carbons (Fsp3) is 0.750. The van der Waals surface area contributed by atoms with Gasteiger partial charge in [-0.2, -0.15) is 5.10 Å². The lowest BCUT2D eigenvalue weighted by atomic mass is 9.98. The van der Waals surface area contributed by atoms with E-state index in [0.29, 0.717) is 0 Å². The first-order valence-corrected chi connectivity index (χ1v) is 8.53. The average molecular weight is 307 g/mol. The number of aryl methyl sites for hydroxylation is 2. The van der Waals surface area contributed by atoms with Gasteiger partial charge >= 0.3 is 0 Å². The lowest BCUT2D eigenvalue weighted by molar-refractivity contribution is 0.346. The molecule has 2 heterocycles. The summed E-state index contributed by atoms with van der Waals surface area (Å²) in [5.41, 5.74) is 3.16. The fourth-order valence-corrected chi connectivity index (χ4v) is 3.94. The second-order valence-corrected chi connectivity index (χ2v) is 7.57. The predicted octanol–water partition coefficient (Wildman–Crippen LogP) is 3.81. The van der Waals surface area contributed by atoms with Gasteiger partial charge in [0.1, 0.15) is 11.3 Å². The van der Waals surface area contributed by atoms with Crippen LogP contribution in [0.4, 0.5) is 0 Å². The highest BCUT2D eigenvalue weighted by Crippen LogP contribution is 2.50. The Hall–Kier alpha value is -1.03. The fourth-order valence-electron chi connectivity index (χ4n) is 3.78. The first kappa shape index (κ1) is 13.6. The van der Waals surface area contributed by atoms with Gasteiger partial charge < -0.3 is 4.57 Å². The van der Waals surface area contributed by atoms with Gasteiger partial charge in [0, 0.05) is 13.6 Å². The van der Waals surface area contributed by atoms with Gasteiger partial charge in [0.2, 0.25) is 0 Å². The van der Waals surface area contributed by atoms with Crippen molar-refractivity contribution in [3.8, 4) is 0 Å². The highest BCUT2D eigenvalue weighted by atomic mass is 35.5. The number of aromatic nitrogens is 4. The van der Waals surface area contributed by atoms with Gasteiger partial charge in [-0.3, -0.25) is 4.68 Å². The van der Waals surface area contributed by atoms with Crippen molar-refractivity contribution in [1.82, 2.24) is 19.3 Å². The van der Waals surface area contributed by atoms with E-state index in [-0.39, 0.29) is 5.38 Å². The molecule has 114 valence electrons. The molecular formula is C16H23ClN4. The van der Waals surface area contributed by atoms with Gasteiger partial charge in [0.05, 0.1) is 11.1 Å². The van der Waals surface area contributed by atoms with Crippen molar-refractivity contribution in [3.63, 3.8) is 0 Å². The summed E-state index contributed by atoms with van der Waals surface area (Å²) in [6.45, 7) is 5.12. The minimum absolute atomic E-state index is 0.0594. The van der Waals surface area contributed by atoms with Crippen LogP contribution < -0.4 is 0 Å². The molecule has 1 atom stereocenters. The predicted molar refractivity (Wildman–Crippen MR) is 84.4 cm³/mol. The average Bonchev–Trinajstić information content (AvgIpc) is 3.32. The number of hydrogen-bond acceptors (Lipinski definition) is 2. The highest BCUT2D eigenvalue weighted by molar-refractivity contribution is 6.20. The SMILES string of the molecule is Cc1nn(C)c2c1nc(C(C)Cl)n2CC(C1CC1)C1CC1. The molecule has 1 unspecified atom stereocenters. The van der Waals surface area contributed by atoms with Crippen LogP contribution in [0, 0.1) is 24.7 Å². The number of nitrogens with zero attached hydrogens (tertiary/aromatic N) is 4. The minimum Gasteiger partial charge on any atom is -0.311 e. The van der Waals surface area contributed by atoms with Gasteiger partial charge in [-0.1, -0.05) is 0 Å². The monoisotopic (exact) mass is 306 g/mol. The Morgan fingerprint density at radius 1 is 1.24 bits per heavy atom. The van der Waals surface area contributed by atoms with Gasteiger partial charge in [0.15, 0.2) is 5.65 Å². The molecule has 4 nitrogen and oxygen atoms in total. The van der Waals surface area contributed by atoms with E-state index in [2.05, 4.69) is 9.67 Å². The van der Waals surface area contributed by atoms with Crippen LogP contribution in [0.25, 0.3) is 11.2 Å². The molecule has 21 heavy (non-hydrogen) atoms. The first-order valence-electron chi connectivity index (χ1n) is 8.10. The summed E-state index contributed by atoms with van der Waals surface area (Å²) in [4.78, 5) is 4.79. The number of halogens is 1. The molecule has 0 spiro atoms. The van der Waals surface area contributed by atoms with Crippen molar-refractivity contribution in [2.45, 2.75) is 51.5 Å². The standard InChI is InChI=1S/C16H23ClN4/c1-9(17)15-18-14-10(2)19-20(3)16(14)21(15)8-13(11-4-5-11)12-6-7-12/h9,11-13H,4-8H2,1-3H3. The third-order valence-corrected chi connectivity index (χ3v) is 5.32. The number of hydrogen-bond donors (Lipinski definition) is 0. The molecule has 2 aliphatic rings. The van der Waals surface area contributed by atoms with E-state index in [4.69, 9.17) is 16.6 Å². The number of fused-ring (bicyclic) bond motifs is 1. The molecule has 0 aromatic carbocycles. The summed E-state index contributed by atoms with van der Waals surface area (Å²) in [6.07, 6.45) is 5.65. The van der Waals surface area contributed by atoms with Crippen LogP contribution in [-0.2, 0) is 13.6 Å². The Labute approximate surface area is 130 Å². The van der Waals surface area contributed by atoms with E-state index in [1.807, 2.05) is 25.6 Å². The Morgan fingerprint density at radius 3 is 2.38 bits per heavy atom. The Morgan fingerprint density at radius 2 is 1.86 bits per heavy atom. The minimum atomic E-state index is -0.0594. The van der Waals surface area contributed by atoms with Crippen molar-refractivity contribution in [2.75, 3.05) is 0 Å². The van der Waals surface area contributed by atoms with Gasteiger partial charge in [0.25, 0.3) is 0 Å². The Bertz CT molecular complexity index is 664. The largest absolute Gasteiger partial charge is 0.311 e. The maximum atomic E-state index is 6.40. The van der Waals surface area contributed by atoms with E-state index < -0.39 is 0 Å². The summed E-state index contributed by atoms with van der Waals surface area (Å²) < 4.78 is 4.32. The first-order chi connectivity index (χ1) is 10.1. The van der Waals surface area contributed by atoms with Gasteiger partial charge in [-0.25, -0.2) is 4.98 Å². The highest BCUT2D eigenvalue weighted by Gasteiger charge is 2.42. The van der Waals surface area contributed by atoms with Gasteiger partial charge in [-0.15, -0.1) is 11.6 Å². The van der Waals surface area contributed by atoms with E-state index >= 15 is 0 Å². The third kappa shape index (κ3) is 2.28. The maximum absolute atomic E-state index is 6.40. The van der Waals surface area contributed by atoms with E-state index in [1.54, 1.807) is 0 Å². The summed E-state index contributed by atoms with van der Waals surface area (Å²) in [5, 5.41) is 4.47. The molecule has 2 aromatic rings. The second-order valence-electron chi connectivity index (χ2n) is 6.92. The Kier molecular flexibility index (Phi) is 3.07. The van der Waals surface area contributed by atoms with Crippen LogP contribution in [0.2, 0.25) is 0 Å². The topological polar surface area (TPSA) is 35.6 Å². The van der Waals surface area contributed by atoms with Crippen LogP contribution in [0.5, 0.6) is 0 Å². The molecule has 0 radical (unpaired) electrons. The molecule has 0 bridgehead atoms. The van der Waals surface area contributed by atoms with E-state index in [9.17, 15) is 0 Å². The molecular weight excluding hydrogens is 284 g/mol. The van der Waals surface area contributed by atoms with Crippen LogP contribution >= 0.6 is 11.6 Å². The zero-order valence-corrected chi connectivity index (χ0v) is 13.8. The molecule has 2 aromatic heterocycles. The van der Waals surface area contributed by atoms with Crippen LogP contribution in [-0.4, -0.2) is 19.3 Å². The van der Waals surface area contributed by atoms with Crippen LogP contribution in [0.15, 0.2) is 0 Å². The zero-order chi connectivity index (χ0) is 14.7. The molecule has 5 heteroatoms. The number of alkyl halides is 1. The van der Waals surface area contributed by atoms with Crippen molar-refractivity contribution >= 4 is 22.8 Å². The molecule has 2 saturated carbocycles. The van der Waals surface area contributed by atoms with E-state index in [0.717, 1.165) is 47.0 Å². The van der Waals surface area contributed by atoms with Crippen molar-refractivity contribution < 1.29 is 0 Å². The third-order valence-electron chi connectivity index (χ3n) is 5.12. The van der Waals surface area contributed by atoms with Gasteiger partial charge in [-0.05, 0) is 57.3 Å². The summed E-state index contributed by atoms with van der Waals surface area (Å²) in [5.74, 6) is 3.69. The van der Waals surface area contributed by atoms with Crippen molar-refractivity contribution in [2.24, 2.45) is 24.8 Å². The second kappa shape index (κ2) is 4.73. The quantitative estimate of drug-likeness (QED) is 0.787. The normalized spacial score (nSPS) is 20.6. The van der Waals surface area contributed by atoms with Crippen LogP contribution in [0.3, 0.4) is 0 Å². The lowest BCUT2D eigenvalue weighted by Crippen LogP contribution is -2.18. The zero-order valence-electron chi connectivity index (χ0n) is 13.0. The molecule has 2 fully saturated rings. The van der Waals surface area contributed by atoms with Crippen molar-refractivity contribution in [1.29, 1.82) is 0 Å².